The molecular formula is C40H36N2O9-2. The summed E-state index contributed by atoms with van der Waals surface area (Å²) in [7, 11) is 0. The lowest BCUT2D eigenvalue weighted by atomic mass is 9.98. The Hall–Kier alpha value is -6.10. The highest BCUT2D eigenvalue weighted by Crippen LogP contribution is 2.45. The van der Waals surface area contributed by atoms with Gasteiger partial charge in [0.25, 0.3) is 0 Å². The number of nitrogens with zero attached hydrogens (tertiary/aromatic N) is 2. The molecule has 0 fully saturated rings. The molecule has 0 amide bonds. The van der Waals surface area contributed by atoms with Gasteiger partial charge in [0.1, 0.15) is 36.1 Å². The first-order valence-electron chi connectivity index (χ1n) is 16.4. The summed E-state index contributed by atoms with van der Waals surface area (Å²) >= 11 is 0. The van der Waals surface area contributed by atoms with Crippen molar-refractivity contribution >= 4 is 36.0 Å². The minimum absolute atomic E-state index is 0.0583. The van der Waals surface area contributed by atoms with E-state index in [2.05, 4.69) is 22.1 Å². The van der Waals surface area contributed by atoms with Crippen molar-refractivity contribution in [3.05, 3.63) is 119 Å². The molecule has 0 bridgehead atoms. The highest BCUT2D eigenvalue weighted by Gasteiger charge is 2.28. The van der Waals surface area contributed by atoms with Crippen molar-refractivity contribution in [3.8, 4) is 22.3 Å². The fourth-order valence-electron chi connectivity index (χ4n) is 6.40. The summed E-state index contributed by atoms with van der Waals surface area (Å²) in [5.41, 5.74) is 8.79. The van der Waals surface area contributed by atoms with Crippen LogP contribution in [0.1, 0.15) is 60.8 Å². The van der Waals surface area contributed by atoms with Crippen LogP contribution in [0.15, 0.2) is 107 Å². The van der Waals surface area contributed by atoms with Crippen molar-refractivity contribution in [3.63, 3.8) is 0 Å². The minimum atomic E-state index is -1.41. The van der Waals surface area contributed by atoms with Gasteiger partial charge in [-0.2, -0.15) is 0 Å². The Morgan fingerprint density at radius 1 is 0.647 bits per heavy atom. The number of rotatable bonds is 12. The van der Waals surface area contributed by atoms with Crippen LogP contribution in [0.2, 0.25) is 0 Å². The molecule has 2 aliphatic rings. The highest BCUT2D eigenvalue weighted by molar-refractivity contribution is 5.86. The Bertz CT molecular complexity index is 1890. The third-order valence-corrected chi connectivity index (χ3v) is 8.62. The quantitative estimate of drug-likeness (QED) is 0.131. The Morgan fingerprint density at radius 3 is 1.33 bits per heavy atom. The average molecular weight is 689 g/mol. The highest BCUT2D eigenvalue weighted by atomic mass is 16.6. The SMILES string of the molecule is CC(=O)CC(C=O)N=C([O-])OCC1c2ccccc2-c2ccccc21.CC(=O)CC(N=C([O-])OCC1c2ccccc2-c2ccccc21)C(=O)O. The van der Waals surface area contributed by atoms with Gasteiger partial charge in [0, 0.05) is 37.9 Å². The zero-order valence-corrected chi connectivity index (χ0v) is 28.1. The molecule has 4 aromatic carbocycles. The number of aliphatic carboxylic acids is 1. The van der Waals surface area contributed by atoms with E-state index in [9.17, 15) is 29.4 Å². The topological polar surface area (TPSA) is 178 Å². The van der Waals surface area contributed by atoms with Gasteiger partial charge in [-0.1, -0.05) is 97.1 Å². The molecule has 0 saturated heterocycles. The van der Waals surface area contributed by atoms with Crippen LogP contribution in [-0.4, -0.2) is 66.4 Å². The van der Waals surface area contributed by atoms with Crippen molar-refractivity contribution in [2.24, 2.45) is 9.98 Å². The van der Waals surface area contributed by atoms with Crippen LogP contribution in [0.4, 0.5) is 0 Å². The van der Waals surface area contributed by atoms with Crippen molar-refractivity contribution in [2.75, 3.05) is 13.2 Å². The number of carboxylic acids is 1. The number of carboxylic acid groups (broad SMARTS) is 1. The summed E-state index contributed by atoms with van der Waals surface area (Å²) in [5.74, 6) is -2.07. The van der Waals surface area contributed by atoms with Crippen LogP contribution < -0.4 is 10.2 Å². The Labute approximate surface area is 294 Å². The van der Waals surface area contributed by atoms with Crippen LogP contribution in [0, 0.1) is 0 Å². The molecular weight excluding hydrogens is 652 g/mol. The molecule has 6 rings (SSSR count). The van der Waals surface area contributed by atoms with E-state index in [0.29, 0.717) is 6.29 Å². The lowest BCUT2D eigenvalue weighted by molar-refractivity contribution is -0.252. The molecule has 0 spiro atoms. The summed E-state index contributed by atoms with van der Waals surface area (Å²) in [6.07, 6.45) is -1.73. The van der Waals surface area contributed by atoms with Gasteiger partial charge in [-0.3, -0.25) is 19.6 Å². The summed E-state index contributed by atoms with van der Waals surface area (Å²) in [4.78, 5) is 51.4. The molecule has 262 valence electrons. The number of carbonyl (C=O) groups excluding carboxylic acids is 3. The number of Topliss-reactive ketones (excluding diaryl/α,β-unsaturated/α-hetero) is 2. The van der Waals surface area contributed by atoms with E-state index in [1.165, 1.54) is 13.8 Å². The van der Waals surface area contributed by atoms with Gasteiger partial charge in [0.2, 0.25) is 0 Å². The Morgan fingerprint density at radius 2 is 1.00 bits per heavy atom. The molecule has 2 unspecified atom stereocenters. The predicted octanol–water partition coefficient (Wildman–Crippen LogP) is 4.04. The van der Waals surface area contributed by atoms with Crippen LogP contribution in [0.25, 0.3) is 22.3 Å². The van der Waals surface area contributed by atoms with Gasteiger partial charge in [0.15, 0.2) is 6.04 Å². The fraction of sp³-hybridized carbons (Fsp3) is 0.250. The first-order chi connectivity index (χ1) is 24.6. The third kappa shape index (κ3) is 8.74. The molecule has 1 N–H and O–H groups in total. The van der Waals surface area contributed by atoms with Gasteiger partial charge in [-0.15, -0.1) is 0 Å². The predicted molar refractivity (Wildman–Crippen MR) is 186 cm³/mol. The van der Waals surface area contributed by atoms with E-state index in [0.717, 1.165) is 44.5 Å². The van der Waals surface area contributed by atoms with Gasteiger partial charge in [-0.05, 0) is 58.4 Å². The van der Waals surface area contributed by atoms with Crippen LogP contribution in [-0.2, 0) is 28.7 Å². The van der Waals surface area contributed by atoms with E-state index >= 15 is 0 Å². The molecule has 0 heterocycles. The second kappa shape index (κ2) is 16.5. The summed E-state index contributed by atoms with van der Waals surface area (Å²) < 4.78 is 10.5. The van der Waals surface area contributed by atoms with Gasteiger partial charge in [-0.25, -0.2) is 4.79 Å². The normalized spacial score (nSPS) is 14.5. The van der Waals surface area contributed by atoms with E-state index in [1.807, 2.05) is 84.9 Å². The van der Waals surface area contributed by atoms with Gasteiger partial charge in [0.05, 0.1) is 0 Å². The molecule has 11 heteroatoms. The summed E-state index contributed by atoms with van der Waals surface area (Å²) in [6, 6.07) is 29.4. The summed E-state index contributed by atoms with van der Waals surface area (Å²) in [5, 5.41) is 32.9. The largest absolute Gasteiger partial charge is 0.599 e. The monoisotopic (exact) mass is 688 g/mol. The molecule has 2 atom stereocenters. The Kier molecular flexibility index (Phi) is 11.7. The molecule has 0 aromatic heterocycles. The lowest BCUT2D eigenvalue weighted by Crippen LogP contribution is -2.30. The zero-order chi connectivity index (χ0) is 36.5. The summed E-state index contributed by atoms with van der Waals surface area (Å²) in [6.45, 7) is 2.80. The molecule has 2 aliphatic carbocycles. The van der Waals surface area contributed by atoms with Gasteiger partial charge < -0.3 is 29.6 Å². The van der Waals surface area contributed by atoms with E-state index in [4.69, 9.17) is 14.6 Å². The molecule has 0 saturated carbocycles. The van der Waals surface area contributed by atoms with Crippen molar-refractivity contribution < 1.29 is 44.0 Å². The lowest BCUT2D eigenvalue weighted by Gasteiger charge is -2.21. The third-order valence-electron chi connectivity index (χ3n) is 8.62. The molecule has 51 heavy (non-hydrogen) atoms. The smallest absolute Gasteiger partial charge is 0.328 e. The number of fused-ring (bicyclic) bond motifs is 6. The molecule has 11 nitrogen and oxygen atoms in total. The number of aldehydes is 1. The van der Waals surface area contributed by atoms with Crippen molar-refractivity contribution in [1.29, 1.82) is 0 Å². The number of aliphatic imine (C=N–C) groups is 2. The van der Waals surface area contributed by atoms with E-state index < -0.39 is 30.2 Å². The van der Waals surface area contributed by atoms with Crippen LogP contribution in [0.5, 0.6) is 0 Å². The van der Waals surface area contributed by atoms with Crippen LogP contribution in [0.3, 0.4) is 0 Å². The van der Waals surface area contributed by atoms with Crippen LogP contribution >= 0.6 is 0 Å². The van der Waals surface area contributed by atoms with Crippen molar-refractivity contribution in [2.45, 2.75) is 50.6 Å². The maximum absolute atomic E-state index is 12.0. The maximum atomic E-state index is 12.0. The number of ether oxygens (including phenoxy) is 2. The molecule has 0 radical (unpaired) electrons. The number of benzene rings is 4. The van der Waals surface area contributed by atoms with E-state index in [-0.39, 0.29) is 49.5 Å². The fourth-order valence-corrected chi connectivity index (χ4v) is 6.40. The van der Waals surface area contributed by atoms with Gasteiger partial charge >= 0.3 is 5.97 Å². The van der Waals surface area contributed by atoms with Crippen molar-refractivity contribution in [1.82, 2.24) is 0 Å². The average Bonchev–Trinajstić information content (AvgIpc) is 3.61. The first-order valence-corrected chi connectivity index (χ1v) is 16.4. The zero-order valence-electron chi connectivity index (χ0n) is 28.1. The molecule has 4 aromatic rings. The first kappa shape index (κ1) is 36.2. The number of carbonyl (C=O) groups is 4. The Balaban J connectivity index is 0.000000198. The van der Waals surface area contributed by atoms with E-state index in [1.54, 1.807) is 0 Å². The maximum Gasteiger partial charge on any atom is 0.328 e. The minimum Gasteiger partial charge on any atom is -0.599 e. The number of hydrogen-bond acceptors (Lipinski definition) is 10. The standard InChI is InChI=1S/C20H19NO5.C20H19NO4/c1-12(22)10-18(19(23)24)21-20(25)26-11-17-15-8-4-2-6-13(15)14-7-3-5-9-16(14)17;1-13(23)10-14(11-22)21-20(24)25-12-19-17-8-4-2-6-15(17)16-7-3-5-9-18(16)19/h2-9,17-18H,10-11H2,1H3,(H,21,25)(H,23,24);2-9,11,14,19H,10,12H2,1H3,(H,21,24)/p-2. The number of ketones is 2. The molecule has 0 aliphatic heterocycles. The second-order valence-electron chi connectivity index (χ2n) is 12.2. The second-order valence-corrected chi connectivity index (χ2v) is 12.2. The number of hydrogen-bond donors (Lipinski definition) is 1.